The number of nitrogens with zero attached hydrogens (tertiary/aromatic N) is 3. The molecule has 168 valence electrons. The van der Waals surface area contributed by atoms with Crippen molar-refractivity contribution in [2.75, 3.05) is 0 Å². The molecule has 0 spiro atoms. The van der Waals surface area contributed by atoms with E-state index in [2.05, 4.69) is 20.4 Å². The highest BCUT2D eigenvalue weighted by Gasteiger charge is 2.12. The predicted octanol–water partition coefficient (Wildman–Crippen LogP) is 3.19. The number of pyridine rings is 2. The average Bonchev–Trinajstić information content (AvgIpc) is 3.21. The minimum absolute atomic E-state index is 0.0763. The van der Waals surface area contributed by atoms with Crippen molar-refractivity contribution in [1.29, 1.82) is 0 Å². The van der Waals surface area contributed by atoms with Crippen LogP contribution in [-0.2, 0) is 17.8 Å². The van der Waals surface area contributed by atoms with Crippen molar-refractivity contribution in [1.82, 2.24) is 25.1 Å². The summed E-state index contributed by atoms with van der Waals surface area (Å²) in [5.74, 6) is 0.662. The maximum Gasteiger partial charge on any atom is 0.280 e. The van der Waals surface area contributed by atoms with Crippen LogP contribution in [0.25, 0.3) is 16.9 Å². The molecule has 4 rings (SSSR count). The van der Waals surface area contributed by atoms with Gasteiger partial charge in [-0.1, -0.05) is 18.2 Å². The number of benzene rings is 1. The molecule has 4 aromatic rings. The third kappa shape index (κ3) is 5.01. The Morgan fingerprint density at radius 1 is 1.12 bits per heavy atom. The normalized spacial score (nSPS) is 10.8. The molecule has 3 N–H and O–H groups in total. The van der Waals surface area contributed by atoms with Gasteiger partial charge in [-0.05, 0) is 60.7 Å². The number of aromatic amines is 1. The van der Waals surface area contributed by atoms with E-state index in [-0.39, 0.29) is 11.5 Å². The summed E-state index contributed by atoms with van der Waals surface area (Å²) in [4.78, 5) is 33.5. The first-order chi connectivity index (χ1) is 15.9. The van der Waals surface area contributed by atoms with Crippen LogP contribution in [0.3, 0.4) is 0 Å². The zero-order valence-electron chi connectivity index (χ0n) is 18.5. The average molecular weight is 444 g/mol. The number of aromatic hydroxyl groups is 1. The third-order valence-corrected chi connectivity index (χ3v) is 5.46. The Labute approximate surface area is 191 Å². The molecule has 0 aliphatic carbocycles. The van der Waals surface area contributed by atoms with E-state index in [4.69, 9.17) is 0 Å². The minimum atomic E-state index is -0.226. The molecule has 8 nitrogen and oxygen atoms in total. The van der Waals surface area contributed by atoms with Gasteiger partial charge < -0.3 is 10.4 Å². The van der Waals surface area contributed by atoms with Gasteiger partial charge in [0.15, 0.2) is 5.82 Å². The van der Waals surface area contributed by atoms with Crippen LogP contribution in [0.4, 0.5) is 0 Å². The molecule has 8 heteroatoms. The van der Waals surface area contributed by atoms with E-state index in [0.717, 1.165) is 27.8 Å². The Balaban J connectivity index is 1.39. The summed E-state index contributed by atoms with van der Waals surface area (Å²) in [6.07, 6.45) is 7.45. The highest BCUT2D eigenvalue weighted by Crippen LogP contribution is 2.23. The van der Waals surface area contributed by atoms with Gasteiger partial charge in [0.05, 0.1) is 5.56 Å². The van der Waals surface area contributed by atoms with E-state index in [0.29, 0.717) is 36.5 Å². The molecule has 0 atom stereocenters. The van der Waals surface area contributed by atoms with E-state index in [9.17, 15) is 14.7 Å². The fraction of sp³-hybridized carbons (Fsp3) is 0.200. The number of phenols is 1. The van der Waals surface area contributed by atoms with Gasteiger partial charge in [0, 0.05) is 43.3 Å². The minimum Gasteiger partial charge on any atom is -0.507 e. The van der Waals surface area contributed by atoms with Crippen LogP contribution >= 0.6 is 0 Å². The van der Waals surface area contributed by atoms with Crippen molar-refractivity contribution in [3.63, 3.8) is 0 Å². The first-order valence-corrected chi connectivity index (χ1v) is 10.6. The van der Waals surface area contributed by atoms with Gasteiger partial charge in [-0.2, -0.15) is 0 Å². The Morgan fingerprint density at radius 2 is 1.91 bits per heavy atom. The molecule has 33 heavy (non-hydrogen) atoms. The van der Waals surface area contributed by atoms with Crippen LogP contribution in [0.5, 0.6) is 5.75 Å². The van der Waals surface area contributed by atoms with Crippen LogP contribution in [0.15, 0.2) is 66.0 Å². The van der Waals surface area contributed by atoms with Crippen molar-refractivity contribution in [2.24, 2.45) is 0 Å². The number of carbonyl (C=O) groups is 1. The third-order valence-electron chi connectivity index (χ3n) is 5.46. The molecule has 0 aliphatic rings. The van der Waals surface area contributed by atoms with E-state index in [1.54, 1.807) is 43.0 Å². The van der Waals surface area contributed by atoms with Crippen LogP contribution in [0, 0.1) is 13.8 Å². The second-order valence-electron chi connectivity index (χ2n) is 7.95. The fourth-order valence-electron chi connectivity index (χ4n) is 3.70. The molecule has 0 saturated carbocycles. The number of H-pyrrole nitrogens is 1. The van der Waals surface area contributed by atoms with Crippen LogP contribution in [-0.4, -0.2) is 30.8 Å². The first-order valence-electron chi connectivity index (χ1n) is 10.6. The molecule has 0 fully saturated rings. The van der Waals surface area contributed by atoms with Crippen LogP contribution in [0.2, 0.25) is 0 Å². The Hall–Kier alpha value is -4.20. The number of nitrogens with one attached hydrogen (secondary N) is 2. The maximum absolute atomic E-state index is 12.8. The highest BCUT2D eigenvalue weighted by atomic mass is 16.3. The number of aromatic nitrogens is 4. The molecule has 0 radical (unpaired) electrons. The van der Waals surface area contributed by atoms with E-state index in [1.807, 2.05) is 32.0 Å². The first kappa shape index (κ1) is 22.0. The monoisotopic (exact) mass is 443 g/mol. The Bertz CT molecular complexity index is 1320. The van der Waals surface area contributed by atoms with Gasteiger partial charge >= 0.3 is 0 Å². The summed E-state index contributed by atoms with van der Waals surface area (Å²) < 4.78 is 1.36. The number of hydrogen-bond donors (Lipinski definition) is 3. The molecule has 3 heterocycles. The lowest BCUT2D eigenvalue weighted by Gasteiger charge is -2.09. The molecular formula is C25H25N5O3. The van der Waals surface area contributed by atoms with Crippen molar-refractivity contribution in [2.45, 2.75) is 33.2 Å². The van der Waals surface area contributed by atoms with Crippen molar-refractivity contribution in [3.8, 4) is 22.7 Å². The van der Waals surface area contributed by atoms with Crippen molar-refractivity contribution >= 4 is 5.91 Å². The van der Waals surface area contributed by atoms with Crippen molar-refractivity contribution < 1.29 is 9.90 Å². The number of carbonyl (C=O) groups excluding carboxylic acids is 1. The van der Waals surface area contributed by atoms with Gasteiger partial charge in [-0.15, -0.1) is 0 Å². The number of amides is 1. The van der Waals surface area contributed by atoms with E-state index >= 15 is 0 Å². The summed E-state index contributed by atoms with van der Waals surface area (Å²) in [7, 11) is 0. The second kappa shape index (κ2) is 9.52. The number of rotatable bonds is 7. The Kier molecular flexibility index (Phi) is 6.35. The molecule has 1 amide bonds. The summed E-state index contributed by atoms with van der Waals surface area (Å²) in [6.45, 7) is 4.02. The lowest BCUT2D eigenvalue weighted by atomic mass is 10.0. The number of aryl methyl sites for hydroxylation is 3. The van der Waals surface area contributed by atoms with Crippen LogP contribution < -0.4 is 10.9 Å². The molecule has 0 aliphatic heterocycles. The fourth-order valence-corrected chi connectivity index (χ4v) is 3.70. The summed E-state index contributed by atoms with van der Waals surface area (Å²) in [6, 6.07) is 11.0. The SMILES string of the molecule is Cc1cc(CCC(=O)NCc2ccnc(-n3[nH]cc(-c4cccnc4)c3=O)c2)cc(C)c1O. The lowest BCUT2D eigenvalue weighted by Crippen LogP contribution is -2.23. The zero-order chi connectivity index (χ0) is 23.4. The molecule has 0 bridgehead atoms. The number of hydrogen-bond acceptors (Lipinski definition) is 5. The number of phenolic OH excluding ortho intramolecular Hbond substituents is 1. The topological polar surface area (TPSA) is 113 Å². The van der Waals surface area contributed by atoms with Gasteiger partial charge in [-0.3, -0.25) is 19.7 Å². The quantitative estimate of drug-likeness (QED) is 0.406. The maximum atomic E-state index is 12.8. The second-order valence-corrected chi connectivity index (χ2v) is 7.95. The molecule has 0 saturated heterocycles. The van der Waals surface area contributed by atoms with E-state index in [1.165, 1.54) is 4.68 Å². The molecular weight excluding hydrogens is 418 g/mol. The molecule has 0 unspecified atom stereocenters. The largest absolute Gasteiger partial charge is 0.507 e. The summed E-state index contributed by atoms with van der Waals surface area (Å²) in [5.41, 5.74) is 4.45. The standard InChI is InChI=1S/C25H25N5O3/c1-16-10-18(11-17(2)24(16)32)5-6-23(31)28-13-19-7-9-27-22(12-19)30-25(33)21(15-29-30)20-4-3-8-26-14-20/h3-4,7-12,14-15,29,32H,5-6,13H2,1-2H3,(H,28,31). The summed E-state index contributed by atoms with van der Waals surface area (Å²) in [5, 5.41) is 15.7. The Morgan fingerprint density at radius 3 is 2.64 bits per heavy atom. The van der Waals surface area contributed by atoms with Gasteiger partial charge in [0.1, 0.15) is 5.75 Å². The molecule has 3 aromatic heterocycles. The van der Waals surface area contributed by atoms with Crippen LogP contribution in [0.1, 0.15) is 28.7 Å². The predicted molar refractivity (Wildman–Crippen MR) is 125 cm³/mol. The molecule has 1 aromatic carbocycles. The van der Waals surface area contributed by atoms with Gasteiger partial charge in [-0.25, -0.2) is 9.67 Å². The zero-order valence-corrected chi connectivity index (χ0v) is 18.5. The van der Waals surface area contributed by atoms with E-state index < -0.39 is 0 Å². The highest BCUT2D eigenvalue weighted by molar-refractivity contribution is 5.76. The lowest BCUT2D eigenvalue weighted by molar-refractivity contribution is -0.121. The smallest absolute Gasteiger partial charge is 0.280 e. The summed E-state index contributed by atoms with van der Waals surface area (Å²) >= 11 is 0. The van der Waals surface area contributed by atoms with Gasteiger partial charge in [0.25, 0.3) is 5.56 Å². The van der Waals surface area contributed by atoms with Gasteiger partial charge in [0.2, 0.25) is 5.91 Å². The van der Waals surface area contributed by atoms with Crippen molar-refractivity contribution in [3.05, 3.63) is 93.8 Å².